The summed E-state index contributed by atoms with van der Waals surface area (Å²) in [7, 11) is 1.51. The number of nitrogens with zero attached hydrogens (tertiary/aromatic N) is 4. The van der Waals surface area contributed by atoms with Gasteiger partial charge in [-0.25, -0.2) is 15.0 Å². The first-order valence-corrected chi connectivity index (χ1v) is 7.54. The van der Waals surface area contributed by atoms with E-state index < -0.39 is 0 Å². The van der Waals surface area contributed by atoms with E-state index in [9.17, 15) is 5.26 Å². The summed E-state index contributed by atoms with van der Waals surface area (Å²) in [6, 6.07) is 3.87. The number of hydrogen-bond acceptors (Lipinski definition) is 7. The lowest BCUT2D eigenvalue weighted by Gasteiger charge is -2.14. The molecule has 0 fully saturated rings. The second-order valence-electron chi connectivity index (χ2n) is 4.96. The Morgan fingerprint density at radius 2 is 2.05 bits per heavy atom. The van der Waals surface area contributed by atoms with Crippen LogP contribution in [-0.2, 0) is 0 Å². The smallest absolute Gasteiger partial charge is 0.231 e. The summed E-state index contributed by atoms with van der Waals surface area (Å²) in [6.45, 7) is 5.85. The molecule has 0 amide bonds. The van der Waals surface area contributed by atoms with Crippen LogP contribution in [-0.4, -0.2) is 22.1 Å². The van der Waals surface area contributed by atoms with Crippen molar-refractivity contribution in [3.05, 3.63) is 29.3 Å². The van der Waals surface area contributed by atoms with Gasteiger partial charge in [0.25, 0.3) is 0 Å². The molecule has 114 valence electrons. The van der Waals surface area contributed by atoms with Gasteiger partial charge in [-0.15, -0.1) is 0 Å². The van der Waals surface area contributed by atoms with Crippen LogP contribution >= 0.6 is 11.8 Å². The van der Waals surface area contributed by atoms with Gasteiger partial charge in [0, 0.05) is 11.1 Å². The van der Waals surface area contributed by atoms with E-state index in [-0.39, 0.29) is 5.92 Å². The number of nitrogens with two attached hydrogens (primary N) is 1. The highest BCUT2D eigenvalue weighted by molar-refractivity contribution is 7.99. The van der Waals surface area contributed by atoms with Gasteiger partial charge in [0.2, 0.25) is 5.88 Å². The molecule has 2 N–H and O–H groups in total. The van der Waals surface area contributed by atoms with E-state index in [0.29, 0.717) is 23.1 Å². The lowest BCUT2D eigenvalue weighted by Crippen LogP contribution is -2.02. The van der Waals surface area contributed by atoms with Crippen LogP contribution in [0.25, 0.3) is 0 Å². The molecule has 0 spiro atoms. The molecule has 2 heterocycles. The number of aromatic nitrogens is 3. The molecule has 22 heavy (non-hydrogen) atoms. The second kappa shape index (κ2) is 6.62. The summed E-state index contributed by atoms with van der Waals surface area (Å²) >= 11 is 1.41. The van der Waals surface area contributed by atoms with Crippen LogP contribution in [0.2, 0.25) is 0 Å². The number of methoxy groups -OCH3 is 1. The molecule has 0 aliphatic heterocycles. The van der Waals surface area contributed by atoms with Gasteiger partial charge < -0.3 is 10.5 Å². The van der Waals surface area contributed by atoms with E-state index in [1.165, 1.54) is 18.9 Å². The van der Waals surface area contributed by atoms with Crippen LogP contribution in [0.15, 0.2) is 22.1 Å². The van der Waals surface area contributed by atoms with Gasteiger partial charge in [0.1, 0.15) is 23.3 Å². The third-order valence-corrected chi connectivity index (χ3v) is 4.05. The van der Waals surface area contributed by atoms with E-state index >= 15 is 0 Å². The van der Waals surface area contributed by atoms with Crippen molar-refractivity contribution in [2.45, 2.75) is 36.5 Å². The van der Waals surface area contributed by atoms with E-state index in [4.69, 9.17) is 10.5 Å². The summed E-state index contributed by atoms with van der Waals surface area (Å²) in [5.74, 6) is 1.55. The molecule has 0 saturated carbocycles. The van der Waals surface area contributed by atoms with Crippen molar-refractivity contribution < 1.29 is 4.74 Å². The second-order valence-corrected chi connectivity index (χ2v) is 6.05. The fraction of sp³-hybridized carbons (Fsp3) is 0.333. The Morgan fingerprint density at radius 1 is 1.32 bits per heavy atom. The molecule has 0 unspecified atom stereocenters. The van der Waals surface area contributed by atoms with Crippen molar-refractivity contribution in [1.82, 2.24) is 15.0 Å². The van der Waals surface area contributed by atoms with Gasteiger partial charge in [-0.3, -0.25) is 0 Å². The molecule has 0 radical (unpaired) electrons. The van der Waals surface area contributed by atoms with Gasteiger partial charge in [-0.2, -0.15) is 5.26 Å². The van der Waals surface area contributed by atoms with Crippen molar-refractivity contribution in [2.24, 2.45) is 0 Å². The Labute approximate surface area is 133 Å². The first-order chi connectivity index (χ1) is 10.5. The first-order valence-electron chi connectivity index (χ1n) is 6.72. The van der Waals surface area contributed by atoms with Crippen LogP contribution in [0.3, 0.4) is 0 Å². The largest absolute Gasteiger partial charge is 0.480 e. The summed E-state index contributed by atoms with van der Waals surface area (Å²) < 4.78 is 5.18. The Bertz CT molecular complexity index is 739. The molecule has 6 nitrogen and oxygen atoms in total. The van der Waals surface area contributed by atoms with Crippen molar-refractivity contribution in [3.63, 3.8) is 0 Å². The van der Waals surface area contributed by atoms with Gasteiger partial charge in [-0.1, -0.05) is 25.6 Å². The fourth-order valence-corrected chi connectivity index (χ4v) is 2.95. The van der Waals surface area contributed by atoms with Gasteiger partial charge >= 0.3 is 0 Å². The quantitative estimate of drug-likeness (QED) is 0.926. The molecule has 0 saturated heterocycles. The monoisotopic (exact) mass is 315 g/mol. The van der Waals surface area contributed by atoms with Crippen LogP contribution in [0, 0.1) is 18.3 Å². The maximum Gasteiger partial charge on any atom is 0.231 e. The fourth-order valence-electron chi connectivity index (χ4n) is 1.90. The third kappa shape index (κ3) is 3.28. The van der Waals surface area contributed by atoms with E-state index in [0.717, 1.165) is 15.5 Å². The number of pyridine rings is 1. The van der Waals surface area contributed by atoms with Crippen LogP contribution < -0.4 is 10.5 Å². The van der Waals surface area contributed by atoms with Crippen LogP contribution in [0.5, 0.6) is 5.88 Å². The maximum atomic E-state index is 9.23. The van der Waals surface area contributed by atoms with Crippen molar-refractivity contribution in [2.75, 3.05) is 12.8 Å². The van der Waals surface area contributed by atoms with E-state index in [1.54, 1.807) is 19.2 Å². The molecule has 0 aromatic carbocycles. The first kappa shape index (κ1) is 16.0. The van der Waals surface area contributed by atoms with E-state index in [1.807, 2.05) is 13.8 Å². The summed E-state index contributed by atoms with van der Waals surface area (Å²) in [5.41, 5.74) is 7.18. The molecule has 2 aromatic rings. The van der Waals surface area contributed by atoms with Crippen molar-refractivity contribution in [3.8, 4) is 11.9 Å². The number of hydrogen-bond donors (Lipinski definition) is 1. The zero-order chi connectivity index (χ0) is 16.3. The van der Waals surface area contributed by atoms with E-state index in [2.05, 4.69) is 21.0 Å². The lowest BCUT2D eigenvalue weighted by molar-refractivity contribution is 0.393. The summed E-state index contributed by atoms with van der Waals surface area (Å²) in [5, 5.41) is 9.23. The number of aryl methyl sites for hydroxylation is 1. The summed E-state index contributed by atoms with van der Waals surface area (Å²) in [4.78, 5) is 14.4. The Hall–Kier alpha value is -2.33. The molecule has 0 aliphatic carbocycles. The highest BCUT2D eigenvalue weighted by Gasteiger charge is 2.17. The zero-order valence-electron chi connectivity index (χ0n) is 12.9. The predicted molar refractivity (Wildman–Crippen MR) is 84.9 cm³/mol. The van der Waals surface area contributed by atoms with Crippen LogP contribution in [0.4, 0.5) is 5.82 Å². The molecule has 0 atom stereocenters. The highest BCUT2D eigenvalue weighted by atomic mass is 32.2. The number of nitriles is 1. The normalized spacial score (nSPS) is 10.5. The standard InChI is InChI=1S/C15H17N5OS/c1-8(2)13-11(5-10(6-16)15(20-13)21-4)22-12-7-18-9(3)19-14(12)17/h5,7-8H,1-4H3,(H2,17,18,19). The average molecular weight is 315 g/mol. The van der Waals surface area contributed by atoms with Crippen molar-refractivity contribution in [1.29, 1.82) is 5.26 Å². The minimum atomic E-state index is 0.178. The molecule has 2 rings (SSSR count). The average Bonchev–Trinajstić information content (AvgIpc) is 2.49. The van der Waals surface area contributed by atoms with Crippen LogP contribution in [0.1, 0.15) is 36.8 Å². The highest BCUT2D eigenvalue weighted by Crippen LogP contribution is 2.37. The Morgan fingerprint density at radius 3 is 2.59 bits per heavy atom. The number of rotatable bonds is 4. The number of anilines is 1. The maximum absolute atomic E-state index is 9.23. The number of nitrogen functional groups attached to an aromatic ring is 1. The molecule has 7 heteroatoms. The SMILES string of the molecule is COc1nc(C(C)C)c(Sc2cnc(C)nc2N)cc1C#N. The van der Waals surface area contributed by atoms with Gasteiger partial charge in [0.05, 0.1) is 17.7 Å². The number of ether oxygens (including phenoxy) is 1. The minimum absolute atomic E-state index is 0.178. The zero-order valence-corrected chi connectivity index (χ0v) is 13.7. The molecule has 0 bridgehead atoms. The molecule has 0 aliphatic rings. The van der Waals surface area contributed by atoms with Crippen molar-refractivity contribution >= 4 is 17.6 Å². The topological polar surface area (TPSA) is 97.7 Å². The molecular formula is C15H17N5OS. The third-order valence-electron chi connectivity index (χ3n) is 2.96. The minimum Gasteiger partial charge on any atom is -0.480 e. The molecule has 2 aromatic heterocycles. The van der Waals surface area contributed by atoms with Gasteiger partial charge in [0.15, 0.2) is 0 Å². The summed E-state index contributed by atoms with van der Waals surface area (Å²) in [6.07, 6.45) is 1.68. The Balaban J connectivity index is 2.51. The predicted octanol–water partition coefficient (Wildman–Crippen LogP) is 2.92. The molecular weight excluding hydrogens is 298 g/mol. The lowest BCUT2D eigenvalue weighted by atomic mass is 10.1. The van der Waals surface area contributed by atoms with Gasteiger partial charge in [-0.05, 0) is 18.9 Å². The Kier molecular flexibility index (Phi) is 4.83.